The second kappa shape index (κ2) is 6.84. The number of carbonyl (C=O) groups excluding carboxylic acids is 1. The fourth-order valence-electron chi connectivity index (χ4n) is 3.69. The van der Waals surface area contributed by atoms with Gasteiger partial charge in [-0.05, 0) is 74.2 Å². The minimum Gasteiger partial charge on any atom is -0.309 e. The molecule has 0 saturated heterocycles. The van der Waals surface area contributed by atoms with E-state index in [0.29, 0.717) is 17.1 Å². The molecule has 1 fully saturated rings. The first-order valence-electron chi connectivity index (χ1n) is 9.09. The van der Waals surface area contributed by atoms with Gasteiger partial charge < -0.3 is 4.90 Å². The monoisotopic (exact) mass is 404 g/mol. The summed E-state index contributed by atoms with van der Waals surface area (Å²) in [4.78, 5) is 14.8. The summed E-state index contributed by atoms with van der Waals surface area (Å²) in [6.07, 6.45) is 3.68. The van der Waals surface area contributed by atoms with Crippen LogP contribution in [0.15, 0.2) is 47.4 Å². The molecule has 142 valence electrons. The number of carbonyl (C=O) groups is 1. The Morgan fingerprint density at radius 1 is 1.15 bits per heavy atom. The number of sulfonamides is 1. The van der Waals surface area contributed by atoms with Gasteiger partial charge in [0.1, 0.15) is 0 Å². The van der Waals surface area contributed by atoms with Crippen LogP contribution in [0.4, 0.5) is 11.4 Å². The highest BCUT2D eigenvalue weighted by atomic mass is 35.5. The molecule has 1 aliphatic carbocycles. The van der Waals surface area contributed by atoms with Crippen molar-refractivity contribution in [2.24, 2.45) is 5.92 Å². The molecule has 2 aromatic rings. The van der Waals surface area contributed by atoms with Crippen molar-refractivity contribution in [3.8, 4) is 0 Å². The predicted octanol–water partition coefficient (Wildman–Crippen LogP) is 4.22. The highest BCUT2D eigenvalue weighted by molar-refractivity contribution is 7.92. The van der Waals surface area contributed by atoms with Crippen LogP contribution >= 0.6 is 11.6 Å². The Balaban J connectivity index is 1.60. The lowest BCUT2D eigenvalue weighted by Crippen LogP contribution is -2.42. The van der Waals surface area contributed by atoms with Gasteiger partial charge in [-0.3, -0.25) is 9.52 Å². The van der Waals surface area contributed by atoms with Crippen molar-refractivity contribution in [2.45, 2.75) is 43.5 Å². The highest BCUT2D eigenvalue weighted by Gasteiger charge is 2.37. The molecule has 2 aromatic carbocycles. The van der Waals surface area contributed by atoms with Crippen LogP contribution in [0.25, 0.3) is 0 Å². The first kappa shape index (κ1) is 18.3. The molecule has 7 heteroatoms. The number of amides is 1. The maximum atomic E-state index is 12.7. The molecule has 0 bridgehead atoms. The number of nitrogens with zero attached hydrogens (tertiary/aromatic N) is 1. The van der Waals surface area contributed by atoms with Crippen LogP contribution in [0, 0.1) is 5.92 Å². The van der Waals surface area contributed by atoms with E-state index in [-0.39, 0.29) is 22.8 Å². The quantitative estimate of drug-likeness (QED) is 0.829. The molecule has 0 spiro atoms. The van der Waals surface area contributed by atoms with Crippen LogP contribution in [0.3, 0.4) is 0 Å². The fraction of sp³-hybridized carbons (Fsp3) is 0.350. The van der Waals surface area contributed by atoms with Gasteiger partial charge in [0, 0.05) is 28.4 Å². The lowest BCUT2D eigenvalue weighted by atomic mass is 9.84. The zero-order valence-electron chi connectivity index (χ0n) is 15.0. The van der Waals surface area contributed by atoms with Gasteiger partial charge in [0.05, 0.1) is 4.90 Å². The average Bonchev–Trinajstić information content (AvgIpc) is 2.90. The van der Waals surface area contributed by atoms with E-state index in [4.69, 9.17) is 11.6 Å². The van der Waals surface area contributed by atoms with Gasteiger partial charge in [0.15, 0.2) is 0 Å². The van der Waals surface area contributed by atoms with Crippen LogP contribution in [-0.4, -0.2) is 20.4 Å². The SMILES string of the molecule is C[C@H]1Cc2cc(S(=O)(=O)Nc3ccc(Cl)cc3)ccc2N1C(=O)C1CCC1. The van der Waals surface area contributed by atoms with E-state index in [0.717, 1.165) is 30.5 Å². The Kier molecular flexibility index (Phi) is 4.64. The number of rotatable bonds is 4. The van der Waals surface area contributed by atoms with Gasteiger partial charge in [0.25, 0.3) is 10.0 Å². The third kappa shape index (κ3) is 3.44. The lowest BCUT2D eigenvalue weighted by Gasteiger charge is -2.32. The van der Waals surface area contributed by atoms with Crippen LogP contribution in [0.1, 0.15) is 31.7 Å². The summed E-state index contributed by atoms with van der Waals surface area (Å²) in [6.45, 7) is 2.01. The van der Waals surface area contributed by atoms with Crippen molar-refractivity contribution in [1.29, 1.82) is 0 Å². The topological polar surface area (TPSA) is 66.5 Å². The van der Waals surface area contributed by atoms with Crippen molar-refractivity contribution >= 4 is 38.9 Å². The molecule has 27 heavy (non-hydrogen) atoms. The Morgan fingerprint density at radius 3 is 2.48 bits per heavy atom. The second-order valence-corrected chi connectivity index (χ2v) is 9.41. The number of benzene rings is 2. The molecule has 1 saturated carbocycles. The van der Waals surface area contributed by atoms with E-state index in [1.54, 1.807) is 42.5 Å². The van der Waals surface area contributed by atoms with Gasteiger partial charge in [-0.15, -0.1) is 0 Å². The third-order valence-electron chi connectivity index (χ3n) is 5.37. The van der Waals surface area contributed by atoms with E-state index < -0.39 is 10.0 Å². The fourth-order valence-corrected chi connectivity index (χ4v) is 4.93. The van der Waals surface area contributed by atoms with Gasteiger partial charge in [-0.1, -0.05) is 18.0 Å². The van der Waals surface area contributed by atoms with Crippen molar-refractivity contribution in [3.63, 3.8) is 0 Å². The first-order chi connectivity index (χ1) is 12.8. The second-order valence-electron chi connectivity index (χ2n) is 7.29. The van der Waals surface area contributed by atoms with Gasteiger partial charge in [0.2, 0.25) is 5.91 Å². The number of fused-ring (bicyclic) bond motifs is 1. The van der Waals surface area contributed by atoms with E-state index in [9.17, 15) is 13.2 Å². The molecule has 0 aromatic heterocycles. The van der Waals surface area contributed by atoms with Gasteiger partial charge >= 0.3 is 0 Å². The molecular weight excluding hydrogens is 384 g/mol. The molecule has 5 nitrogen and oxygen atoms in total. The number of hydrogen-bond acceptors (Lipinski definition) is 3. The Morgan fingerprint density at radius 2 is 1.85 bits per heavy atom. The highest BCUT2D eigenvalue weighted by Crippen LogP contribution is 2.38. The molecule has 1 aliphatic heterocycles. The molecule has 4 rings (SSSR count). The standard InChI is InChI=1S/C20H21ClN2O3S/c1-13-11-15-12-18(27(25,26)22-17-7-5-16(21)6-8-17)9-10-19(15)23(13)20(24)14-3-2-4-14/h5-10,12-14,22H,2-4,11H2,1H3/t13-/m0/s1. The Labute approximate surface area is 164 Å². The normalized spacial score (nSPS) is 19.5. The van der Waals surface area contributed by atoms with Gasteiger partial charge in [-0.25, -0.2) is 8.42 Å². The van der Waals surface area contributed by atoms with Crippen molar-refractivity contribution in [2.75, 3.05) is 9.62 Å². The third-order valence-corrected chi connectivity index (χ3v) is 7.00. The molecule has 0 unspecified atom stereocenters. The largest absolute Gasteiger partial charge is 0.309 e. The van der Waals surface area contributed by atoms with Crippen molar-refractivity contribution in [3.05, 3.63) is 53.1 Å². The summed E-state index contributed by atoms with van der Waals surface area (Å²) in [5, 5.41) is 0.542. The van der Waals surface area contributed by atoms with E-state index in [1.807, 2.05) is 11.8 Å². The predicted molar refractivity (Wildman–Crippen MR) is 107 cm³/mol. The molecule has 0 radical (unpaired) electrons. The van der Waals surface area contributed by atoms with Crippen LogP contribution in [-0.2, 0) is 21.2 Å². The van der Waals surface area contributed by atoms with Crippen molar-refractivity contribution in [1.82, 2.24) is 0 Å². The molecule has 2 aliphatic rings. The summed E-state index contributed by atoms with van der Waals surface area (Å²) in [5.41, 5.74) is 2.19. The zero-order chi connectivity index (χ0) is 19.2. The zero-order valence-corrected chi connectivity index (χ0v) is 16.6. The van der Waals surface area contributed by atoms with Crippen LogP contribution in [0.2, 0.25) is 5.02 Å². The summed E-state index contributed by atoms with van der Waals surface area (Å²) in [7, 11) is -3.71. The Bertz CT molecular complexity index is 985. The summed E-state index contributed by atoms with van der Waals surface area (Å²) in [5.74, 6) is 0.288. The van der Waals surface area contributed by atoms with E-state index in [2.05, 4.69) is 4.72 Å². The smallest absolute Gasteiger partial charge is 0.261 e. The first-order valence-corrected chi connectivity index (χ1v) is 11.0. The number of hydrogen-bond donors (Lipinski definition) is 1. The maximum absolute atomic E-state index is 12.7. The van der Waals surface area contributed by atoms with Crippen LogP contribution < -0.4 is 9.62 Å². The average molecular weight is 405 g/mol. The molecule has 1 heterocycles. The maximum Gasteiger partial charge on any atom is 0.261 e. The summed E-state index contributed by atoms with van der Waals surface area (Å²) < 4.78 is 28.0. The summed E-state index contributed by atoms with van der Waals surface area (Å²) >= 11 is 5.84. The molecular formula is C20H21ClN2O3S. The minimum atomic E-state index is -3.71. The molecule has 1 atom stereocenters. The number of nitrogens with one attached hydrogen (secondary N) is 1. The number of halogens is 1. The van der Waals surface area contributed by atoms with Gasteiger partial charge in [-0.2, -0.15) is 0 Å². The Hall–Kier alpha value is -2.05. The van der Waals surface area contributed by atoms with E-state index >= 15 is 0 Å². The minimum absolute atomic E-state index is 0.0512. The van der Waals surface area contributed by atoms with E-state index in [1.165, 1.54) is 0 Å². The lowest BCUT2D eigenvalue weighted by molar-refractivity contribution is -0.125. The number of anilines is 2. The van der Waals surface area contributed by atoms with Crippen molar-refractivity contribution < 1.29 is 13.2 Å². The summed E-state index contributed by atoms with van der Waals surface area (Å²) in [6, 6.07) is 11.6. The van der Waals surface area contributed by atoms with Crippen LogP contribution in [0.5, 0.6) is 0 Å². The molecule has 1 amide bonds. The molecule has 1 N–H and O–H groups in total.